The van der Waals surface area contributed by atoms with Crippen LogP contribution in [-0.2, 0) is 11.3 Å². The maximum absolute atomic E-state index is 14.0. The molecule has 5 saturated carbocycles. The van der Waals surface area contributed by atoms with Gasteiger partial charge in [-0.1, -0.05) is 46.8 Å². The van der Waals surface area contributed by atoms with E-state index in [9.17, 15) is 14.3 Å². The van der Waals surface area contributed by atoms with Gasteiger partial charge in [-0.05, 0) is 140 Å². The van der Waals surface area contributed by atoms with Crippen molar-refractivity contribution in [1.29, 1.82) is 0 Å². The monoisotopic (exact) mass is 537 g/mol. The number of carbonyl (C=O) groups is 1. The molecule has 3 nitrogen and oxygen atoms in total. The van der Waals surface area contributed by atoms with E-state index in [1.807, 2.05) is 6.07 Å². The van der Waals surface area contributed by atoms with Crippen LogP contribution in [0.3, 0.4) is 0 Å². The number of halogens is 1. The van der Waals surface area contributed by atoms with Gasteiger partial charge < -0.3 is 10.4 Å². The summed E-state index contributed by atoms with van der Waals surface area (Å²) in [6.45, 7) is 14.6. The lowest BCUT2D eigenvalue weighted by molar-refractivity contribution is -0.216. The molecule has 0 radical (unpaired) electrons. The summed E-state index contributed by atoms with van der Waals surface area (Å²) in [5, 5.41) is 14.3. The number of benzene rings is 1. The molecule has 5 aliphatic rings. The van der Waals surface area contributed by atoms with E-state index in [-0.39, 0.29) is 28.7 Å². The zero-order valence-corrected chi connectivity index (χ0v) is 25.3. The molecule has 2 N–H and O–H groups in total. The summed E-state index contributed by atoms with van der Waals surface area (Å²) < 4.78 is 13.8. The Morgan fingerprint density at radius 3 is 2.41 bits per heavy atom. The molecule has 1 amide bonds. The maximum atomic E-state index is 14.0. The number of aliphatic hydroxyl groups is 1. The van der Waals surface area contributed by atoms with E-state index in [0.29, 0.717) is 52.5 Å². The molecule has 6 rings (SSSR count). The molecular formula is C35H52FNO2. The van der Waals surface area contributed by atoms with Gasteiger partial charge in [-0.3, -0.25) is 4.79 Å². The molecule has 216 valence electrons. The quantitative estimate of drug-likeness (QED) is 0.413. The largest absolute Gasteiger partial charge is 0.393 e. The molecule has 0 heterocycles. The van der Waals surface area contributed by atoms with Crippen molar-refractivity contribution in [1.82, 2.24) is 5.32 Å². The van der Waals surface area contributed by atoms with Gasteiger partial charge in [0.25, 0.3) is 0 Å². The van der Waals surface area contributed by atoms with Crippen molar-refractivity contribution >= 4 is 5.91 Å². The highest BCUT2D eigenvalue weighted by atomic mass is 19.1. The lowest BCUT2D eigenvalue weighted by Gasteiger charge is -2.69. The standard InChI is InChI=1S/C35H52FNO2/c1-21-11-17-35(31(39)37-20-23-7-9-26(36)22(2)19-23)18-12-25-24(30(21)35)8-10-28-33(25,5)15-13-27-32(3,4)29(38)14-16-34(27,28)6/h7,9,19,21,24-25,27-30,38H,8,10-18,20H2,1-6H3,(H,37,39). The second-order valence-corrected chi connectivity index (χ2v) is 15.9. The van der Waals surface area contributed by atoms with Gasteiger partial charge in [0.1, 0.15) is 5.82 Å². The predicted molar refractivity (Wildman–Crippen MR) is 154 cm³/mol. The van der Waals surface area contributed by atoms with Gasteiger partial charge in [-0.25, -0.2) is 4.39 Å². The zero-order valence-electron chi connectivity index (χ0n) is 25.3. The third-order valence-electron chi connectivity index (χ3n) is 14.0. The molecule has 0 aromatic heterocycles. The fourth-order valence-corrected chi connectivity index (χ4v) is 12.2. The van der Waals surface area contributed by atoms with Gasteiger partial charge in [0.05, 0.1) is 11.5 Å². The Morgan fingerprint density at radius 2 is 1.67 bits per heavy atom. The third kappa shape index (κ3) is 3.92. The maximum Gasteiger partial charge on any atom is 0.226 e. The first kappa shape index (κ1) is 27.7. The summed E-state index contributed by atoms with van der Waals surface area (Å²) in [5.41, 5.74) is 2.01. The molecule has 10 atom stereocenters. The minimum absolute atomic E-state index is 0.00594. The molecule has 5 fully saturated rings. The zero-order chi connectivity index (χ0) is 28.0. The lowest BCUT2D eigenvalue weighted by Crippen LogP contribution is -2.64. The van der Waals surface area contributed by atoms with E-state index >= 15 is 0 Å². The first-order valence-corrected chi connectivity index (χ1v) is 16.1. The molecule has 0 bridgehead atoms. The molecule has 0 spiro atoms. The number of fused-ring (bicyclic) bond motifs is 7. The van der Waals surface area contributed by atoms with Gasteiger partial charge in [-0.2, -0.15) is 0 Å². The van der Waals surface area contributed by atoms with Crippen molar-refractivity contribution in [2.45, 2.75) is 118 Å². The normalized spacial score (nSPS) is 46.4. The number of rotatable bonds is 3. The highest BCUT2D eigenvalue weighted by Gasteiger charge is 2.67. The number of aryl methyl sites for hydroxylation is 1. The average molecular weight is 538 g/mol. The fraction of sp³-hybridized carbons (Fsp3) is 0.800. The van der Waals surface area contributed by atoms with Crippen LogP contribution in [0.15, 0.2) is 18.2 Å². The van der Waals surface area contributed by atoms with Crippen LogP contribution in [0.1, 0.15) is 110 Å². The van der Waals surface area contributed by atoms with Crippen LogP contribution in [0.2, 0.25) is 0 Å². The van der Waals surface area contributed by atoms with E-state index < -0.39 is 0 Å². The predicted octanol–water partition coefficient (Wildman–Crippen LogP) is 7.82. The molecule has 0 aliphatic heterocycles. The van der Waals surface area contributed by atoms with Gasteiger partial charge >= 0.3 is 0 Å². The Balaban J connectivity index is 1.25. The van der Waals surface area contributed by atoms with Crippen LogP contribution in [-0.4, -0.2) is 17.1 Å². The molecule has 5 aliphatic carbocycles. The van der Waals surface area contributed by atoms with Gasteiger partial charge in [0, 0.05) is 6.54 Å². The van der Waals surface area contributed by atoms with Crippen LogP contribution in [0.4, 0.5) is 4.39 Å². The number of aliphatic hydroxyl groups excluding tert-OH is 1. The minimum Gasteiger partial charge on any atom is -0.393 e. The minimum atomic E-state index is -0.239. The topological polar surface area (TPSA) is 49.3 Å². The Labute approximate surface area is 236 Å². The van der Waals surface area contributed by atoms with Crippen LogP contribution < -0.4 is 5.32 Å². The van der Waals surface area contributed by atoms with Gasteiger partial charge in [-0.15, -0.1) is 0 Å². The SMILES string of the molecule is Cc1cc(CNC(=O)C23CCC(C)C2C2CCC4C(C)(CCC5C(C)(C)C(O)CCC54C)C2CC3)ccc1F. The van der Waals surface area contributed by atoms with Crippen molar-refractivity contribution in [3.05, 3.63) is 35.1 Å². The van der Waals surface area contributed by atoms with Crippen LogP contribution >= 0.6 is 0 Å². The van der Waals surface area contributed by atoms with Crippen molar-refractivity contribution in [2.24, 2.45) is 57.2 Å². The fourth-order valence-electron chi connectivity index (χ4n) is 12.2. The number of hydrogen-bond donors (Lipinski definition) is 2. The Bertz CT molecular complexity index is 1130. The number of amides is 1. The third-order valence-corrected chi connectivity index (χ3v) is 14.0. The van der Waals surface area contributed by atoms with Crippen molar-refractivity contribution < 1.29 is 14.3 Å². The lowest BCUT2D eigenvalue weighted by atomic mass is 9.36. The highest BCUT2D eigenvalue weighted by molar-refractivity contribution is 5.83. The van der Waals surface area contributed by atoms with Crippen molar-refractivity contribution in [3.63, 3.8) is 0 Å². The van der Waals surface area contributed by atoms with E-state index in [1.54, 1.807) is 13.0 Å². The van der Waals surface area contributed by atoms with Crippen molar-refractivity contribution in [3.8, 4) is 0 Å². The van der Waals surface area contributed by atoms with E-state index in [1.165, 1.54) is 38.2 Å². The smallest absolute Gasteiger partial charge is 0.226 e. The second kappa shape index (κ2) is 9.30. The first-order valence-electron chi connectivity index (χ1n) is 16.1. The number of nitrogens with one attached hydrogen (secondary N) is 1. The molecule has 1 aromatic carbocycles. The summed E-state index contributed by atoms with van der Waals surface area (Å²) in [6.07, 6.45) is 11.4. The van der Waals surface area contributed by atoms with Crippen molar-refractivity contribution in [2.75, 3.05) is 0 Å². The van der Waals surface area contributed by atoms with Gasteiger partial charge in [0.2, 0.25) is 5.91 Å². The average Bonchev–Trinajstić information content (AvgIpc) is 3.25. The summed E-state index contributed by atoms with van der Waals surface area (Å²) in [5.74, 6) is 3.78. The molecular weight excluding hydrogens is 485 g/mol. The highest BCUT2D eigenvalue weighted by Crippen LogP contribution is 2.73. The summed E-state index contributed by atoms with van der Waals surface area (Å²) in [4.78, 5) is 14.0. The van der Waals surface area contributed by atoms with E-state index in [0.717, 1.165) is 43.6 Å². The van der Waals surface area contributed by atoms with Crippen LogP contribution in [0.5, 0.6) is 0 Å². The second-order valence-electron chi connectivity index (χ2n) is 15.9. The Morgan fingerprint density at radius 1 is 0.949 bits per heavy atom. The number of hydrogen-bond acceptors (Lipinski definition) is 2. The first-order chi connectivity index (χ1) is 18.3. The van der Waals surface area contributed by atoms with E-state index in [4.69, 9.17) is 0 Å². The number of carbonyl (C=O) groups excluding carboxylic acids is 1. The Hall–Kier alpha value is -1.42. The van der Waals surface area contributed by atoms with E-state index in [2.05, 4.69) is 39.9 Å². The molecule has 39 heavy (non-hydrogen) atoms. The summed E-state index contributed by atoms with van der Waals surface area (Å²) >= 11 is 0. The molecule has 0 saturated heterocycles. The van der Waals surface area contributed by atoms with Crippen LogP contribution in [0.25, 0.3) is 0 Å². The van der Waals surface area contributed by atoms with Crippen LogP contribution in [0, 0.1) is 69.9 Å². The summed E-state index contributed by atoms with van der Waals surface area (Å²) in [6, 6.07) is 5.18. The molecule has 4 heteroatoms. The molecule has 1 aromatic rings. The summed E-state index contributed by atoms with van der Waals surface area (Å²) in [7, 11) is 0. The molecule has 10 unspecified atom stereocenters. The van der Waals surface area contributed by atoms with Gasteiger partial charge in [0.15, 0.2) is 0 Å². The Kier molecular flexibility index (Phi) is 6.61.